The molecule has 1 aliphatic heterocycles. The van der Waals surface area contributed by atoms with Crippen molar-refractivity contribution in [1.29, 1.82) is 0 Å². The van der Waals surface area contributed by atoms with Crippen molar-refractivity contribution in [2.24, 2.45) is 16.8 Å². The first kappa shape index (κ1) is 24.9. The lowest BCUT2D eigenvalue weighted by atomic mass is 9.92. The minimum Gasteiger partial charge on any atom is -0.382 e. The van der Waals surface area contributed by atoms with E-state index in [1.807, 2.05) is 0 Å². The molecular formula is C18H39IN4O2. The van der Waals surface area contributed by atoms with Gasteiger partial charge in [-0.3, -0.25) is 4.99 Å². The highest BCUT2D eigenvalue weighted by Gasteiger charge is 2.21. The second kappa shape index (κ2) is 16.1. The fourth-order valence-electron chi connectivity index (χ4n) is 3.25. The zero-order chi connectivity index (χ0) is 17.6. The number of methoxy groups -OCH3 is 1. The van der Waals surface area contributed by atoms with Crippen LogP contribution in [0.25, 0.3) is 0 Å². The topological polar surface area (TPSA) is 58.1 Å². The Kier molecular flexibility index (Phi) is 16.0. The number of rotatable bonds is 11. The fraction of sp³-hybridized carbons (Fsp3) is 0.944. The van der Waals surface area contributed by atoms with Crippen molar-refractivity contribution in [3.05, 3.63) is 0 Å². The van der Waals surface area contributed by atoms with Crippen LogP contribution < -0.4 is 10.6 Å². The molecule has 2 unspecified atom stereocenters. The van der Waals surface area contributed by atoms with Gasteiger partial charge in [0.2, 0.25) is 0 Å². The van der Waals surface area contributed by atoms with Gasteiger partial charge in [-0.05, 0) is 31.6 Å². The Morgan fingerprint density at radius 2 is 1.84 bits per heavy atom. The van der Waals surface area contributed by atoms with Crippen LogP contribution >= 0.6 is 24.0 Å². The van der Waals surface area contributed by atoms with E-state index < -0.39 is 0 Å². The third kappa shape index (κ3) is 12.8. The molecule has 0 bridgehead atoms. The Labute approximate surface area is 171 Å². The Morgan fingerprint density at radius 1 is 1.12 bits per heavy atom. The number of ether oxygens (including phenoxy) is 2. The lowest BCUT2D eigenvalue weighted by molar-refractivity contribution is 0.0702. The van der Waals surface area contributed by atoms with Gasteiger partial charge in [-0.2, -0.15) is 0 Å². The number of nitrogens with one attached hydrogen (secondary N) is 2. The minimum atomic E-state index is 0. The molecule has 1 heterocycles. The number of piperidine rings is 1. The van der Waals surface area contributed by atoms with Gasteiger partial charge in [0, 0.05) is 53.0 Å². The van der Waals surface area contributed by atoms with E-state index in [1.54, 1.807) is 7.11 Å². The van der Waals surface area contributed by atoms with Crippen LogP contribution in [-0.4, -0.2) is 77.1 Å². The molecule has 150 valence electrons. The molecule has 0 aromatic heterocycles. The monoisotopic (exact) mass is 470 g/mol. The summed E-state index contributed by atoms with van der Waals surface area (Å²) in [5.74, 6) is 2.54. The number of aliphatic imine (C=N–C) groups is 1. The minimum absolute atomic E-state index is 0. The first-order chi connectivity index (χ1) is 11.7. The maximum Gasteiger partial charge on any atom is 0.191 e. The normalized spacial score (nSPS) is 21.7. The molecule has 1 rings (SSSR count). The predicted molar refractivity (Wildman–Crippen MR) is 116 cm³/mol. The molecule has 2 N–H and O–H groups in total. The quantitative estimate of drug-likeness (QED) is 0.210. The largest absolute Gasteiger partial charge is 0.382 e. The van der Waals surface area contributed by atoms with Gasteiger partial charge < -0.3 is 25.0 Å². The molecule has 0 saturated carbocycles. The molecule has 1 fully saturated rings. The molecule has 6 nitrogen and oxygen atoms in total. The molecular weight excluding hydrogens is 431 g/mol. The van der Waals surface area contributed by atoms with Gasteiger partial charge in [0.25, 0.3) is 0 Å². The van der Waals surface area contributed by atoms with Crippen LogP contribution in [0.15, 0.2) is 4.99 Å². The van der Waals surface area contributed by atoms with Gasteiger partial charge in [-0.1, -0.05) is 13.8 Å². The van der Waals surface area contributed by atoms with Gasteiger partial charge >= 0.3 is 0 Å². The summed E-state index contributed by atoms with van der Waals surface area (Å²) in [6.45, 7) is 15.0. The maximum atomic E-state index is 5.45. The van der Waals surface area contributed by atoms with E-state index in [9.17, 15) is 0 Å². The molecule has 2 atom stereocenters. The third-order valence-electron chi connectivity index (χ3n) is 4.16. The second-order valence-electron chi connectivity index (χ2n) is 6.85. The zero-order valence-corrected chi connectivity index (χ0v) is 18.9. The van der Waals surface area contributed by atoms with E-state index in [4.69, 9.17) is 9.47 Å². The summed E-state index contributed by atoms with van der Waals surface area (Å²) < 4.78 is 10.4. The van der Waals surface area contributed by atoms with E-state index in [2.05, 4.69) is 41.3 Å². The summed E-state index contributed by atoms with van der Waals surface area (Å²) in [5, 5.41) is 6.75. The lowest BCUT2D eigenvalue weighted by Crippen LogP contribution is -2.45. The number of hydrogen-bond acceptors (Lipinski definition) is 4. The molecule has 0 radical (unpaired) electrons. The number of hydrogen-bond donors (Lipinski definition) is 2. The highest BCUT2D eigenvalue weighted by molar-refractivity contribution is 14.0. The second-order valence-corrected chi connectivity index (χ2v) is 6.85. The summed E-state index contributed by atoms with van der Waals surface area (Å²) in [4.78, 5) is 7.18. The zero-order valence-electron chi connectivity index (χ0n) is 16.6. The summed E-state index contributed by atoms with van der Waals surface area (Å²) in [6, 6.07) is 0. The number of halogens is 1. The van der Waals surface area contributed by atoms with Gasteiger partial charge in [0.1, 0.15) is 0 Å². The number of guanidine groups is 1. The maximum absolute atomic E-state index is 5.45. The third-order valence-corrected chi connectivity index (χ3v) is 4.16. The smallest absolute Gasteiger partial charge is 0.191 e. The Bertz CT molecular complexity index is 335. The average Bonchev–Trinajstić information content (AvgIpc) is 2.53. The van der Waals surface area contributed by atoms with Crippen molar-refractivity contribution in [3.8, 4) is 0 Å². The van der Waals surface area contributed by atoms with Crippen molar-refractivity contribution in [3.63, 3.8) is 0 Å². The molecule has 25 heavy (non-hydrogen) atoms. The Balaban J connectivity index is 0.00000576. The molecule has 0 aromatic carbocycles. The van der Waals surface area contributed by atoms with Crippen molar-refractivity contribution in [2.75, 3.05) is 66.2 Å². The Morgan fingerprint density at radius 3 is 2.48 bits per heavy atom. The molecule has 0 amide bonds. The van der Waals surface area contributed by atoms with Gasteiger partial charge in [0.15, 0.2) is 5.96 Å². The van der Waals surface area contributed by atoms with Crippen molar-refractivity contribution in [1.82, 2.24) is 15.5 Å². The SMILES string of the molecule is CCNC(=NCCCOCCOC)NCCN1CC(C)CC(C)C1.I. The molecule has 1 aliphatic rings. The number of nitrogens with zero attached hydrogens (tertiary/aromatic N) is 2. The van der Waals surface area contributed by atoms with Crippen LogP contribution in [0.5, 0.6) is 0 Å². The summed E-state index contributed by atoms with van der Waals surface area (Å²) >= 11 is 0. The molecule has 0 spiro atoms. The average molecular weight is 470 g/mol. The van der Waals surface area contributed by atoms with E-state index in [0.717, 1.165) is 57.0 Å². The lowest BCUT2D eigenvalue weighted by Gasteiger charge is -2.35. The van der Waals surface area contributed by atoms with Crippen LogP contribution in [0.3, 0.4) is 0 Å². The molecule has 7 heteroatoms. The number of likely N-dealkylation sites (tertiary alicyclic amines) is 1. The van der Waals surface area contributed by atoms with Crippen molar-refractivity contribution < 1.29 is 9.47 Å². The van der Waals surface area contributed by atoms with Crippen LogP contribution in [0.2, 0.25) is 0 Å². The van der Waals surface area contributed by atoms with Crippen LogP contribution in [0.4, 0.5) is 0 Å². The summed E-state index contributed by atoms with van der Waals surface area (Å²) in [7, 11) is 1.69. The van der Waals surface area contributed by atoms with Gasteiger partial charge in [-0.15, -0.1) is 24.0 Å². The van der Waals surface area contributed by atoms with Gasteiger partial charge in [-0.25, -0.2) is 0 Å². The molecule has 0 aliphatic carbocycles. The fourth-order valence-corrected chi connectivity index (χ4v) is 3.25. The standard InChI is InChI=1S/C18H38N4O2.HI/c1-5-19-18(20-7-6-10-24-12-11-23-4)21-8-9-22-14-16(2)13-17(3)15-22;/h16-17H,5-15H2,1-4H3,(H2,19,20,21);1H. The van der Waals surface area contributed by atoms with Gasteiger partial charge in [0.05, 0.1) is 13.2 Å². The molecule has 1 saturated heterocycles. The summed E-state index contributed by atoms with van der Waals surface area (Å²) in [6.07, 6.45) is 2.29. The van der Waals surface area contributed by atoms with E-state index in [1.165, 1.54) is 19.5 Å². The highest BCUT2D eigenvalue weighted by atomic mass is 127. The van der Waals surface area contributed by atoms with E-state index in [-0.39, 0.29) is 24.0 Å². The van der Waals surface area contributed by atoms with Crippen molar-refractivity contribution in [2.45, 2.75) is 33.6 Å². The van der Waals surface area contributed by atoms with Crippen LogP contribution in [0, 0.1) is 11.8 Å². The van der Waals surface area contributed by atoms with Crippen LogP contribution in [-0.2, 0) is 9.47 Å². The van der Waals surface area contributed by atoms with E-state index in [0.29, 0.717) is 13.2 Å². The summed E-state index contributed by atoms with van der Waals surface area (Å²) in [5.41, 5.74) is 0. The molecule has 0 aromatic rings. The van der Waals surface area contributed by atoms with E-state index >= 15 is 0 Å². The Hall–Kier alpha value is -0.120. The highest BCUT2D eigenvalue weighted by Crippen LogP contribution is 2.20. The predicted octanol–water partition coefficient (Wildman–Crippen LogP) is 2.19. The van der Waals surface area contributed by atoms with Crippen LogP contribution in [0.1, 0.15) is 33.6 Å². The first-order valence-corrected chi connectivity index (χ1v) is 9.46. The van der Waals surface area contributed by atoms with Crippen molar-refractivity contribution >= 4 is 29.9 Å². The first-order valence-electron chi connectivity index (χ1n) is 9.46.